The maximum Gasteiger partial charge on any atom is 0.257 e. The molecule has 3 amide bonds. The number of carbonyl (C=O) groups is 3. The molecule has 0 bridgehead atoms. The molecule has 2 unspecified atom stereocenters. The average Bonchev–Trinajstić information content (AvgIpc) is 3.18. The molecule has 1 fully saturated rings. The zero-order chi connectivity index (χ0) is 23.8. The summed E-state index contributed by atoms with van der Waals surface area (Å²) in [6.45, 7) is 4.75. The normalized spacial score (nSPS) is 16.1. The van der Waals surface area contributed by atoms with Crippen LogP contribution < -0.4 is 20.9 Å². The van der Waals surface area contributed by atoms with Gasteiger partial charge in [0, 0.05) is 25.1 Å². The third-order valence-electron chi connectivity index (χ3n) is 5.34. The van der Waals surface area contributed by atoms with Crippen LogP contribution in [0.2, 0.25) is 0 Å². The molecule has 3 rings (SSSR count). The summed E-state index contributed by atoms with van der Waals surface area (Å²) >= 11 is 5.11. The van der Waals surface area contributed by atoms with Crippen molar-refractivity contribution in [3.05, 3.63) is 65.7 Å². The lowest BCUT2D eigenvalue weighted by atomic mass is 10.1. The van der Waals surface area contributed by atoms with E-state index in [9.17, 15) is 14.4 Å². The Kier molecular flexibility index (Phi) is 8.37. The first-order valence-corrected chi connectivity index (χ1v) is 11.3. The molecule has 0 radical (unpaired) electrons. The van der Waals surface area contributed by atoms with Crippen LogP contribution in [-0.2, 0) is 16.1 Å². The molecule has 9 heteroatoms. The number of ether oxygens (including phenoxy) is 1. The van der Waals surface area contributed by atoms with Gasteiger partial charge in [0.15, 0.2) is 5.11 Å². The first-order chi connectivity index (χ1) is 15.9. The highest BCUT2D eigenvalue weighted by Crippen LogP contribution is 2.20. The van der Waals surface area contributed by atoms with Crippen LogP contribution in [0.1, 0.15) is 42.6 Å². The maximum absolute atomic E-state index is 12.5. The van der Waals surface area contributed by atoms with E-state index >= 15 is 0 Å². The van der Waals surface area contributed by atoms with Gasteiger partial charge in [0.2, 0.25) is 11.8 Å². The van der Waals surface area contributed by atoms with E-state index in [4.69, 9.17) is 17.0 Å². The standard InChI is InChI=1S/C24H28N4O4S/c1-3-16(2)32-20-11-7-10-18(12-20)22(30)25-24(33)27-26-23(31)19-13-21(29)28(15-19)14-17-8-5-4-6-9-17/h4-12,16,19H,3,13-15H2,1-2H3,(H,26,31)(H2,25,27,30,33). The summed E-state index contributed by atoms with van der Waals surface area (Å²) in [6.07, 6.45) is 1.01. The highest BCUT2D eigenvalue weighted by Gasteiger charge is 2.34. The molecular weight excluding hydrogens is 440 g/mol. The van der Waals surface area contributed by atoms with Crippen molar-refractivity contribution in [3.63, 3.8) is 0 Å². The molecule has 0 saturated carbocycles. The van der Waals surface area contributed by atoms with E-state index in [0.29, 0.717) is 24.4 Å². The molecule has 1 saturated heterocycles. The number of hydrazine groups is 1. The Hall–Kier alpha value is -3.46. The van der Waals surface area contributed by atoms with Gasteiger partial charge in [0.25, 0.3) is 5.91 Å². The Morgan fingerprint density at radius 1 is 1.15 bits per heavy atom. The molecule has 2 aromatic carbocycles. The Morgan fingerprint density at radius 3 is 2.64 bits per heavy atom. The van der Waals surface area contributed by atoms with Gasteiger partial charge in [0.1, 0.15) is 5.75 Å². The van der Waals surface area contributed by atoms with Crippen LogP contribution in [0.15, 0.2) is 54.6 Å². The summed E-state index contributed by atoms with van der Waals surface area (Å²) in [5, 5.41) is 2.47. The van der Waals surface area contributed by atoms with Gasteiger partial charge in [-0.2, -0.15) is 0 Å². The molecule has 2 aromatic rings. The Morgan fingerprint density at radius 2 is 1.91 bits per heavy atom. The highest BCUT2D eigenvalue weighted by atomic mass is 32.1. The molecule has 2 atom stereocenters. The van der Waals surface area contributed by atoms with E-state index in [2.05, 4.69) is 16.2 Å². The highest BCUT2D eigenvalue weighted by molar-refractivity contribution is 7.80. The van der Waals surface area contributed by atoms with Gasteiger partial charge in [-0.1, -0.05) is 43.3 Å². The van der Waals surface area contributed by atoms with Gasteiger partial charge in [-0.15, -0.1) is 0 Å². The van der Waals surface area contributed by atoms with Gasteiger partial charge < -0.3 is 9.64 Å². The second kappa shape index (κ2) is 11.4. The summed E-state index contributed by atoms with van der Waals surface area (Å²) in [4.78, 5) is 38.9. The van der Waals surface area contributed by atoms with Gasteiger partial charge in [-0.3, -0.25) is 30.6 Å². The van der Waals surface area contributed by atoms with Crippen LogP contribution in [0.4, 0.5) is 0 Å². The summed E-state index contributed by atoms with van der Waals surface area (Å²) in [7, 11) is 0. The fourth-order valence-electron chi connectivity index (χ4n) is 3.36. The summed E-state index contributed by atoms with van der Waals surface area (Å²) in [5.41, 5.74) is 6.40. The van der Waals surface area contributed by atoms with Crippen molar-refractivity contribution in [3.8, 4) is 5.75 Å². The number of carbonyl (C=O) groups excluding carboxylic acids is 3. The van der Waals surface area contributed by atoms with Crippen molar-refractivity contribution in [2.45, 2.75) is 39.3 Å². The number of hydrogen-bond acceptors (Lipinski definition) is 5. The predicted octanol–water partition coefficient (Wildman–Crippen LogP) is 2.55. The van der Waals surface area contributed by atoms with E-state index in [0.717, 1.165) is 12.0 Å². The molecule has 1 aliphatic rings. The quantitative estimate of drug-likeness (QED) is 0.427. The zero-order valence-corrected chi connectivity index (χ0v) is 19.5. The lowest BCUT2D eigenvalue weighted by Crippen LogP contribution is -2.50. The second-order valence-corrected chi connectivity index (χ2v) is 8.33. The fourth-order valence-corrected chi connectivity index (χ4v) is 3.50. The molecule has 8 nitrogen and oxygen atoms in total. The van der Waals surface area contributed by atoms with Gasteiger partial charge in [-0.05, 0) is 49.3 Å². The van der Waals surface area contributed by atoms with Crippen LogP contribution in [0.25, 0.3) is 0 Å². The van der Waals surface area contributed by atoms with Crippen LogP contribution >= 0.6 is 12.2 Å². The molecule has 174 valence electrons. The fraction of sp³-hybridized carbons (Fsp3) is 0.333. The molecule has 0 aromatic heterocycles. The number of nitrogens with zero attached hydrogens (tertiary/aromatic N) is 1. The van der Waals surface area contributed by atoms with Crippen molar-refractivity contribution in [2.75, 3.05) is 6.54 Å². The SMILES string of the molecule is CCC(C)Oc1cccc(C(=O)NC(=S)NNC(=O)C2CC(=O)N(Cc3ccccc3)C2)c1. The molecular formula is C24H28N4O4S. The number of likely N-dealkylation sites (tertiary alicyclic amines) is 1. The minimum atomic E-state index is -0.499. The number of rotatable bonds is 7. The molecule has 0 aliphatic carbocycles. The summed E-state index contributed by atoms with van der Waals surface area (Å²) in [6, 6.07) is 16.4. The van der Waals surface area contributed by atoms with Crippen LogP contribution in [-0.4, -0.2) is 40.4 Å². The van der Waals surface area contributed by atoms with E-state index in [-0.39, 0.29) is 29.5 Å². The number of amides is 3. The minimum Gasteiger partial charge on any atom is -0.491 e. The number of thiocarbonyl (C=S) groups is 1. The Balaban J connectivity index is 1.46. The smallest absolute Gasteiger partial charge is 0.257 e. The van der Waals surface area contributed by atoms with E-state index in [1.165, 1.54) is 0 Å². The first-order valence-electron chi connectivity index (χ1n) is 10.8. The van der Waals surface area contributed by atoms with Crippen molar-refractivity contribution in [1.82, 2.24) is 21.1 Å². The molecule has 0 spiro atoms. The second-order valence-electron chi connectivity index (χ2n) is 7.92. The molecule has 1 aliphatic heterocycles. The third-order valence-corrected chi connectivity index (χ3v) is 5.54. The predicted molar refractivity (Wildman–Crippen MR) is 128 cm³/mol. The molecule has 3 N–H and O–H groups in total. The van der Waals surface area contributed by atoms with E-state index in [1.54, 1.807) is 29.2 Å². The summed E-state index contributed by atoms with van der Waals surface area (Å²) in [5.74, 6) is -0.771. The number of benzene rings is 2. The Labute approximate surface area is 198 Å². The average molecular weight is 469 g/mol. The number of hydrogen-bond donors (Lipinski definition) is 3. The van der Waals surface area contributed by atoms with Crippen LogP contribution in [0, 0.1) is 5.92 Å². The molecule has 1 heterocycles. The number of nitrogens with one attached hydrogen (secondary N) is 3. The van der Waals surface area contributed by atoms with Crippen LogP contribution in [0.5, 0.6) is 5.75 Å². The van der Waals surface area contributed by atoms with Crippen LogP contribution in [0.3, 0.4) is 0 Å². The van der Waals surface area contributed by atoms with Crippen molar-refractivity contribution < 1.29 is 19.1 Å². The monoisotopic (exact) mass is 468 g/mol. The zero-order valence-electron chi connectivity index (χ0n) is 18.7. The van der Waals surface area contributed by atoms with Gasteiger partial charge in [-0.25, -0.2) is 0 Å². The first kappa shape index (κ1) is 24.2. The van der Waals surface area contributed by atoms with Gasteiger partial charge in [0.05, 0.1) is 12.0 Å². The van der Waals surface area contributed by atoms with E-state index < -0.39 is 11.8 Å². The van der Waals surface area contributed by atoms with E-state index in [1.807, 2.05) is 44.2 Å². The minimum absolute atomic E-state index is 0.0346. The lowest BCUT2D eigenvalue weighted by molar-refractivity contribution is -0.129. The lowest BCUT2D eigenvalue weighted by Gasteiger charge is -2.17. The Bertz CT molecular complexity index is 1010. The van der Waals surface area contributed by atoms with Crippen molar-refractivity contribution in [2.24, 2.45) is 5.92 Å². The molecule has 33 heavy (non-hydrogen) atoms. The van der Waals surface area contributed by atoms with Crippen molar-refractivity contribution in [1.29, 1.82) is 0 Å². The third kappa shape index (κ3) is 7.01. The summed E-state index contributed by atoms with van der Waals surface area (Å²) < 4.78 is 5.73. The maximum atomic E-state index is 12.5. The van der Waals surface area contributed by atoms with Crippen molar-refractivity contribution >= 4 is 35.1 Å². The largest absolute Gasteiger partial charge is 0.491 e. The van der Waals surface area contributed by atoms with Gasteiger partial charge >= 0.3 is 0 Å². The topological polar surface area (TPSA) is 99.8 Å².